The third kappa shape index (κ3) is 4.96. The maximum Gasteiger partial charge on any atom is 0.281 e. The second-order valence-electron chi connectivity index (χ2n) is 7.20. The molecule has 0 unspecified atom stereocenters. The van der Waals surface area contributed by atoms with E-state index in [4.69, 9.17) is 14.2 Å². The van der Waals surface area contributed by atoms with E-state index in [-0.39, 0.29) is 5.91 Å². The molecule has 1 heterocycles. The Kier molecular flexibility index (Phi) is 6.55. The monoisotopic (exact) mass is 461 g/mol. The number of thiazole rings is 1. The van der Waals surface area contributed by atoms with Crippen molar-refractivity contribution in [3.63, 3.8) is 0 Å². The van der Waals surface area contributed by atoms with Gasteiger partial charge in [0.05, 0.1) is 37.8 Å². The average molecular weight is 462 g/mol. The van der Waals surface area contributed by atoms with Crippen LogP contribution in [-0.2, 0) is 0 Å². The maximum absolute atomic E-state index is 13.6. The quantitative estimate of drug-likeness (QED) is 0.275. The van der Waals surface area contributed by atoms with Gasteiger partial charge in [-0.05, 0) is 66.6 Å². The number of ether oxygens (including phenoxy) is 3. The molecule has 0 radical (unpaired) electrons. The molecular formula is C25H23N3O4S. The van der Waals surface area contributed by atoms with Gasteiger partial charge in [0.2, 0.25) is 5.13 Å². The number of methoxy groups -OCH3 is 3. The molecule has 1 amide bonds. The molecule has 0 aliphatic heterocycles. The lowest BCUT2D eigenvalue weighted by Gasteiger charge is -2.15. The normalized spacial score (nSPS) is 11.0. The number of rotatable bonds is 7. The van der Waals surface area contributed by atoms with Crippen molar-refractivity contribution in [2.45, 2.75) is 6.92 Å². The first kappa shape index (κ1) is 22.3. The smallest absolute Gasteiger partial charge is 0.281 e. The highest BCUT2D eigenvalue weighted by atomic mass is 32.1. The third-order valence-electron chi connectivity index (χ3n) is 4.94. The number of hydrazone groups is 1. The summed E-state index contributed by atoms with van der Waals surface area (Å²) in [7, 11) is 4.69. The van der Waals surface area contributed by atoms with Crippen LogP contribution >= 0.6 is 11.3 Å². The van der Waals surface area contributed by atoms with Crippen molar-refractivity contribution in [2.75, 3.05) is 26.3 Å². The number of amides is 1. The summed E-state index contributed by atoms with van der Waals surface area (Å²) in [6.45, 7) is 2.02. The second-order valence-corrected chi connectivity index (χ2v) is 8.21. The van der Waals surface area contributed by atoms with Gasteiger partial charge in [-0.1, -0.05) is 17.4 Å². The highest BCUT2D eigenvalue weighted by molar-refractivity contribution is 7.22. The number of hydrogen-bond acceptors (Lipinski definition) is 7. The summed E-state index contributed by atoms with van der Waals surface area (Å²) in [5.41, 5.74) is 3.11. The number of carbonyl (C=O) groups is 1. The summed E-state index contributed by atoms with van der Waals surface area (Å²) in [5.74, 6) is 1.41. The number of carbonyl (C=O) groups excluding carboxylic acids is 1. The first-order valence-corrected chi connectivity index (χ1v) is 10.9. The number of hydrogen-bond donors (Lipinski definition) is 0. The van der Waals surface area contributed by atoms with E-state index in [1.165, 1.54) is 16.3 Å². The minimum Gasteiger partial charge on any atom is -0.497 e. The van der Waals surface area contributed by atoms with Crippen molar-refractivity contribution in [2.24, 2.45) is 5.10 Å². The number of anilines is 1. The number of fused-ring (bicyclic) bond motifs is 1. The lowest BCUT2D eigenvalue weighted by Crippen LogP contribution is -2.25. The Balaban J connectivity index is 1.77. The van der Waals surface area contributed by atoms with Crippen LogP contribution in [0.5, 0.6) is 17.2 Å². The average Bonchev–Trinajstić information content (AvgIpc) is 3.26. The van der Waals surface area contributed by atoms with Gasteiger partial charge in [-0.15, -0.1) is 0 Å². The molecule has 0 aliphatic carbocycles. The van der Waals surface area contributed by atoms with Crippen LogP contribution in [-0.4, -0.2) is 38.4 Å². The van der Waals surface area contributed by atoms with Crippen LogP contribution in [0.15, 0.2) is 65.8 Å². The van der Waals surface area contributed by atoms with Crippen molar-refractivity contribution in [1.29, 1.82) is 0 Å². The molecule has 0 atom stereocenters. The molecular weight excluding hydrogens is 438 g/mol. The van der Waals surface area contributed by atoms with Crippen LogP contribution in [0, 0.1) is 6.92 Å². The summed E-state index contributed by atoms with van der Waals surface area (Å²) in [4.78, 5) is 18.2. The predicted octanol–water partition coefficient (Wildman–Crippen LogP) is 5.31. The van der Waals surface area contributed by atoms with Crippen LogP contribution in [0.2, 0.25) is 0 Å². The zero-order chi connectivity index (χ0) is 23.4. The second kappa shape index (κ2) is 9.70. The van der Waals surface area contributed by atoms with E-state index in [0.717, 1.165) is 27.1 Å². The van der Waals surface area contributed by atoms with Crippen LogP contribution in [0.1, 0.15) is 21.5 Å². The highest BCUT2D eigenvalue weighted by Gasteiger charge is 2.22. The summed E-state index contributed by atoms with van der Waals surface area (Å²) in [6, 6.07) is 18.4. The van der Waals surface area contributed by atoms with Crippen molar-refractivity contribution in [3.05, 3.63) is 77.4 Å². The summed E-state index contributed by atoms with van der Waals surface area (Å²) >= 11 is 1.40. The molecule has 33 heavy (non-hydrogen) atoms. The lowest BCUT2D eigenvalue weighted by molar-refractivity contribution is 0.0987. The van der Waals surface area contributed by atoms with Crippen molar-refractivity contribution >= 4 is 38.8 Å². The fourth-order valence-electron chi connectivity index (χ4n) is 3.17. The zero-order valence-corrected chi connectivity index (χ0v) is 19.6. The van der Waals surface area contributed by atoms with E-state index in [0.29, 0.717) is 22.2 Å². The standard InChI is InChI=1S/C25H23N3O4S/c1-16-5-10-22-23(11-16)33-25(27-22)28(26-15-17-6-8-19(30-2)9-7-17)24(29)18-12-20(31-3)14-21(13-18)32-4/h5-15H,1-4H3/b26-15+. The van der Waals surface area contributed by atoms with Gasteiger partial charge in [0.15, 0.2) is 0 Å². The lowest BCUT2D eigenvalue weighted by atomic mass is 10.2. The summed E-state index contributed by atoms with van der Waals surface area (Å²) in [5, 5.41) is 6.28. The van der Waals surface area contributed by atoms with Gasteiger partial charge in [0.1, 0.15) is 17.2 Å². The van der Waals surface area contributed by atoms with Crippen molar-refractivity contribution in [1.82, 2.24) is 4.98 Å². The summed E-state index contributed by atoms with van der Waals surface area (Å²) in [6.07, 6.45) is 1.62. The van der Waals surface area contributed by atoms with Gasteiger partial charge in [-0.3, -0.25) is 4.79 Å². The molecule has 1 aromatic heterocycles. The number of aryl methyl sites for hydroxylation is 1. The molecule has 0 fully saturated rings. The maximum atomic E-state index is 13.6. The molecule has 168 valence electrons. The Hall–Kier alpha value is -3.91. The van der Waals surface area contributed by atoms with Gasteiger partial charge in [-0.2, -0.15) is 10.1 Å². The van der Waals surface area contributed by atoms with Gasteiger partial charge in [0.25, 0.3) is 5.91 Å². The van der Waals surface area contributed by atoms with E-state index < -0.39 is 0 Å². The first-order valence-electron chi connectivity index (χ1n) is 10.1. The Bertz CT molecular complexity index is 1290. The topological polar surface area (TPSA) is 73.2 Å². The number of nitrogens with zero attached hydrogens (tertiary/aromatic N) is 3. The molecule has 0 aliphatic rings. The molecule has 3 aromatic carbocycles. The Morgan fingerprint density at radius 2 is 1.58 bits per heavy atom. The molecule has 4 aromatic rings. The minimum atomic E-state index is -0.354. The van der Waals surface area contributed by atoms with Crippen molar-refractivity contribution < 1.29 is 19.0 Å². The van der Waals surface area contributed by atoms with Crippen LogP contribution < -0.4 is 19.2 Å². The van der Waals surface area contributed by atoms with E-state index in [1.54, 1.807) is 45.7 Å². The van der Waals surface area contributed by atoms with E-state index in [1.807, 2.05) is 49.4 Å². The Morgan fingerprint density at radius 1 is 0.909 bits per heavy atom. The molecule has 0 N–H and O–H groups in total. The van der Waals surface area contributed by atoms with Gasteiger partial charge in [-0.25, -0.2) is 4.98 Å². The minimum absolute atomic E-state index is 0.354. The Morgan fingerprint density at radius 3 is 2.21 bits per heavy atom. The van der Waals surface area contributed by atoms with E-state index >= 15 is 0 Å². The largest absolute Gasteiger partial charge is 0.497 e. The van der Waals surface area contributed by atoms with Gasteiger partial charge < -0.3 is 14.2 Å². The van der Waals surface area contributed by atoms with Crippen LogP contribution in [0.3, 0.4) is 0 Å². The molecule has 0 spiro atoms. The molecule has 4 rings (SSSR count). The van der Waals surface area contributed by atoms with Crippen LogP contribution in [0.25, 0.3) is 10.2 Å². The third-order valence-corrected chi connectivity index (χ3v) is 5.94. The van der Waals surface area contributed by atoms with E-state index in [2.05, 4.69) is 10.1 Å². The molecule has 0 saturated carbocycles. The molecule has 0 saturated heterocycles. The van der Waals surface area contributed by atoms with Gasteiger partial charge >= 0.3 is 0 Å². The molecule has 7 nitrogen and oxygen atoms in total. The Labute approximate surface area is 195 Å². The molecule has 8 heteroatoms. The summed E-state index contributed by atoms with van der Waals surface area (Å²) < 4.78 is 16.8. The highest BCUT2D eigenvalue weighted by Crippen LogP contribution is 2.32. The fraction of sp³-hybridized carbons (Fsp3) is 0.160. The first-order chi connectivity index (χ1) is 16.0. The zero-order valence-electron chi connectivity index (χ0n) is 18.7. The van der Waals surface area contributed by atoms with Crippen LogP contribution in [0.4, 0.5) is 5.13 Å². The number of aromatic nitrogens is 1. The predicted molar refractivity (Wildman–Crippen MR) is 131 cm³/mol. The van der Waals surface area contributed by atoms with E-state index in [9.17, 15) is 4.79 Å². The SMILES string of the molecule is COc1ccc(/C=N/N(C(=O)c2cc(OC)cc(OC)c2)c2nc3ccc(C)cc3s2)cc1. The fourth-order valence-corrected chi connectivity index (χ4v) is 4.19. The van der Waals surface area contributed by atoms with Gasteiger partial charge in [0, 0.05) is 11.6 Å². The van der Waals surface area contributed by atoms with Crippen molar-refractivity contribution in [3.8, 4) is 17.2 Å². The molecule has 0 bridgehead atoms. The number of benzene rings is 3.